The van der Waals surface area contributed by atoms with Gasteiger partial charge in [0.1, 0.15) is 0 Å². The van der Waals surface area contributed by atoms with E-state index in [-0.39, 0.29) is 5.92 Å². The van der Waals surface area contributed by atoms with Crippen molar-refractivity contribution >= 4 is 5.97 Å². The second-order valence-electron chi connectivity index (χ2n) is 8.50. The Labute approximate surface area is 169 Å². The van der Waals surface area contributed by atoms with Gasteiger partial charge in [-0.25, -0.2) is 4.79 Å². The second kappa shape index (κ2) is 17.5. The molecule has 162 valence electrons. The minimum atomic E-state index is -1.53. The van der Waals surface area contributed by atoms with Gasteiger partial charge < -0.3 is 10.2 Å². The van der Waals surface area contributed by atoms with Crippen LogP contribution < -0.4 is 0 Å². The minimum Gasteiger partial charge on any atom is -0.479 e. The van der Waals surface area contributed by atoms with Gasteiger partial charge in [0.15, 0.2) is 5.60 Å². The highest BCUT2D eigenvalue weighted by molar-refractivity contribution is 5.77. The number of carbonyl (C=O) groups is 1. The van der Waals surface area contributed by atoms with Gasteiger partial charge in [0, 0.05) is 0 Å². The molecule has 2 atom stereocenters. The van der Waals surface area contributed by atoms with E-state index in [1.54, 1.807) is 0 Å². The highest BCUT2D eigenvalue weighted by atomic mass is 16.4. The van der Waals surface area contributed by atoms with Crippen molar-refractivity contribution < 1.29 is 15.0 Å². The van der Waals surface area contributed by atoms with Gasteiger partial charge in [-0.05, 0) is 25.2 Å². The smallest absolute Gasteiger partial charge is 0.335 e. The third-order valence-electron chi connectivity index (χ3n) is 5.97. The molecule has 3 nitrogen and oxygen atoms in total. The van der Waals surface area contributed by atoms with Crippen LogP contribution in [0.4, 0.5) is 0 Å². The Morgan fingerprint density at radius 1 is 0.667 bits per heavy atom. The van der Waals surface area contributed by atoms with Crippen LogP contribution in [0.2, 0.25) is 0 Å². The van der Waals surface area contributed by atoms with Crippen LogP contribution in [0.5, 0.6) is 0 Å². The molecule has 0 spiro atoms. The van der Waals surface area contributed by atoms with Gasteiger partial charge in [-0.15, -0.1) is 0 Å². The highest BCUT2D eigenvalue weighted by Crippen LogP contribution is 2.32. The van der Waals surface area contributed by atoms with Crippen LogP contribution in [0, 0.1) is 5.92 Å². The summed E-state index contributed by atoms with van der Waals surface area (Å²) in [6.45, 7) is 6.29. The fraction of sp³-hybridized carbons (Fsp3) is 0.958. The van der Waals surface area contributed by atoms with E-state index in [4.69, 9.17) is 0 Å². The van der Waals surface area contributed by atoms with Crippen molar-refractivity contribution in [3.05, 3.63) is 0 Å². The molecular formula is C24H48O3. The van der Waals surface area contributed by atoms with Crippen molar-refractivity contribution in [1.29, 1.82) is 0 Å². The van der Waals surface area contributed by atoms with Crippen LogP contribution >= 0.6 is 0 Å². The Bertz CT molecular complexity index is 343. The van der Waals surface area contributed by atoms with Gasteiger partial charge >= 0.3 is 5.97 Å². The van der Waals surface area contributed by atoms with Crippen molar-refractivity contribution in [3.8, 4) is 0 Å². The summed E-state index contributed by atoms with van der Waals surface area (Å²) in [6.07, 6.45) is 20.8. The zero-order valence-electron chi connectivity index (χ0n) is 18.6. The Balaban J connectivity index is 3.80. The fourth-order valence-corrected chi connectivity index (χ4v) is 4.25. The molecule has 0 amide bonds. The third-order valence-corrected chi connectivity index (χ3v) is 5.97. The molecule has 0 aliphatic heterocycles. The normalized spacial score (nSPS) is 14.8. The van der Waals surface area contributed by atoms with E-state index >= 15 is 0 Å². The predicted molar refractivity (Wildman–Crippen MR) is 116 cm³/mol. The fourth-order valence-electron chi connectivity index (χ4n) is 4.25. The minimum absolute atomic E-state index is 0.104. The van der Waals surface area contributed by atoms with Crippen molar-refractivity contribution in [2.24, 2.45) is 5.92 Å². The number of unbranched alkanes of at least 4 members (excludes halogenated alkanes) is 12. The monoisotopic (exact) mass is 384 g/mol. The summed E-state index contributed by atoms with van der Waals surface area (Å²) < 4.78 is 0. The Hall–Kier alpha value is -0.570. The molecular weight excluding hydrogens is 336 g/mol. The van der Waals surface area contributed by atoms with Crippen LogP contribution in [-0.2, 0) is 4.79 Å². The predicted octanol–water partition coefficient (Wildman–Crippen LogP) is 7.50. The van der Waals surface area contributed by atoms with Gasteiger partial charge in [0.05, 0.1) is 0 Å². The van der Waals surface area contributed by atoms with Gasteiger partial charge in [0.25, 0.3) is 0 Å². The third kappa shape index (κ3) is 12.5. The largest absolute Gasteiger partial charge is 0.479 e. The maximum absolute atomic E-state index is 11.6. The average molecular weight is 385 g/mol. The van der Waals surface area contributed by atoms with E-state index in [1.807, 2.05) is 6.92 Å². The topological polar surface area (TPSA) is 57.5 Å². The number of carboxylic acids is 1. The molecule has 2 unspecified atom stereocenters. The molecule has 0 aliphatic carbocycles. The zero-order valence-corrected chi connectivity index (χ0v) is 18.6. The number of hydrogen-bond acceptors (Lipinski definition) is 2. The number of rotatable bonds is 20. The van der Waals surface area contributed by atoms with Crippen LogP contribution in [0.1, 0.15) is 136 Å². The second-order valence-corrected chi connectivity index (χ2v) is 8.50. The maximum Gasteiger partial charge on any atom is 0.335 e. The van der Waals surface area contributed by atoms with Crippen molar-refractivity contribution in [3.63, 3.8) is 0 Å². The molecule has 0 aromatic heterocycles. The van der Waals surface area contributed by atoms with Crippen LogP contribution in [-0.4, -0.2) is 21.8 Å². The number of aliphatic carboxylic acids is 1. The van der Waals surface area contributed by atoms with Gasteiger partial charge in [-0.1, -0.05) is 117 Å². The summed E-state index contributed by atoms with van der Waals surface area (Å²) in [7, 11) is 0. The molecule has 0 heterocycles. The summed E-state index contributed by atoms with van der Waals surface area (Å²) in [5, 5.41) is 20.2. The first-order valence-electron chi connectivity index (χ1n) is 12.0. The van der Waals surface area contributed by atoms with Gasteiger partial charge in [0.2, 0.25) is 0 Å². The Kier molecular flexibility index (Phi) is 17.2. The first-order chi connectivity index (χ1) is 13.0. The van der Waals surface area contributed by atoms with Crippen molar-refractivity contribution in [2.75, 3.05) is 0 Å². The summed E-state index contributed by atoms with van der Waals surface area (Å²) >= 11 is 0. The lowest BCUT2D eigenvalue weighted by Gasteiger charge is -2.32. The number of hydrogen-bond donors (Lipinski definition) is 2. The summed E-state index contributed by atoms with van der Waals surface area (Å²) in [5.74, 6) is -1.13. The lowest BCUT2D eigenvalue weighted by atomic mass is 9.78. The van der Waals surface area contributed by atoms with E-state index < -0.39 is 11.6 Å². The molecule has 0 saturated carbocycles. The Morgan fingerprint density at radius 3 is 1.48 bits per heavy atom. The average Bonchev–Trinajstić information content (AvgIpc) is 2.64. The quantitative estimate of drug-likeness (QED) is 0.214. The lowest BCUT2D eigenvalue weighted by molar-refractivity contribution is -0.167. The molecule has 0 aliphatic rings. The summed E-state index contributed by atoms with van der Waals surface area (Å²) in [5.41, 5.74) is -1.53. The van der Waals surface area contributed by atoms with Gasteiger partial charge in [-0.3, -0.25) is 0 Å². The van der Waals surface area contributed by atoms with Crippen LogP contribution in [0.15, 0.2) is 0 Å². The van der Waals surface area contributed by atoms with Crippen molar-refractivity contribution in [2.45, 2.75) is 142 Å². The number of aliphatic hydroxyl groups is 1. The molecule has 2 N–H and O–H groups in total. The maximum atomic E-state index is 11.6. The molecule has 3 heteroatoms. The van der Waals surface area contributed by atoms with Crippen LogP contribution in [0.3, 0.4) is 0 Å². The molecule has 27 heavy (non-hydrogen) atoms. The van der Waals surface area contributed by atoms with E-state index in [9.17, 15) is 15.0 Å². The summed E-state index contributed by atoms with van der Waals surface area (Å²) in [4.78, 5) is 11.6. The molecule has 0 fully saturated rings. The molecule has 0 radical (unpaired) electrons. The van der Waals surface area contributed by atoms with E-state index in [0.29, 0.717) is 12.8 Å². The molecule has 0 bridgehead atoms. The van der Waals surface area contributed by atoms with E-state index in [1.165, 1.54) is 77.0 Å². The lowest BCUT2D eigenvalue weighted by Crippen LogP contribution is -2.45. The van der Waals surface area contributed by atoms with E-state index in [0.717, 1.165) is 25.7 Å². The standard InChI is InChI=1S/C24H48O3/c1-4-7-8-9-10-11-12-13-14-15-16-17-18-20-22(19-5-2)24(27,21-6-3)23(25)26/h22,27H,4-21H2,1-3H3,(H,25,26). The molecule has 0 aromatic rings. The molecule has 0 rings (SSSR count). The van der Waals surface area contributed by atoms with Crippen LogP contribution in [0.25, 0.3) is 0 Å². The SMILES string of the molecule is CCCCCCCCCCCCCCCC(CCC)C(O)(CCC)C(=O)O. The molecule has 0 saturated heterocycles. The Morgan fingerprint density at radius 2 is 1.11 bits per heavy atom. The summed E-state index contributed by atoms with van der Waals surface area (Å²) in [6, 6.07) is 0. The highest BCUT2D eigenvalue weighted by Gasteiger charge is 2.42. The first kappa shape index (κ1) is 26.4. The van der Waals surface area contributed by atoms with E-state index in [2.05, 4.69) is 13.8 Å². The van der Waals surface area contributed by atoms with Gasteiger partial charge in [-0.2, -0.15) is 0 Å². The number of carboxylic acid groups (broad SMARTS) is 1. The molecule has 0 aromatic carbocycles. The van der Waals surface area contributed by atoms with Crippen molar-refractivity contribution in [1.82, 2.24) is 0 Å². The first-order valence-corrected chi connectivity index (χ1v) is 12.0. The zero-order chi connectivity index (χ0) is 20.4.